The average Bonchev–Trinajstić information content (AvgIpc) is 2.98. The van der Waals surface area contributed by atoms with E-state index in [0.717, 1.165) is 32.5 Å². The average molecular weight is 342 g/mol. The van der Waals surface area contributed by atoms with Crippen molar-refractivity contribution < 1.29 is 4.79 Å². The topological polar surface area (TPSA) is 58.4 Å². The summed E-state index contributed by atoms with van der Waals surface area (Å²) in [6.07, 6.45) is 8.48. The fraction of sp³-hybridized carbons (Fsp3) is 0.944. The van der Waals surface area contributed by atoms with Crippen molar-refractivity contribution in [3.8, 4) is 0 Å². The molecule has 3 N–H and O–H groups in total. The molecule has 5 heteroatoms. The molecule has 1 heterocycles. The molecule has 1 saturated carbocycles. The van der Waals surface area contributed by atoms with Gasteiger partial charge in [0.25, 0.3) is 0 Å². The van der Waals surface area contributed by atoms with Gasteiger partial charge in [-0.25, -0.2) is 0 Å². The summed E-state index contributed by atoms with van der Waals surface area (Å²) >= 11 is 4.55. The van der Waals surface area contributed by atoms with Crippen molar-refractivity contribution in [3.63, 3.8) is 0 Å². The maximum atomic E-state index is 12.9. The zero-order valence-corrected chi connectivity index (χ0v) is 15.7. The van der Waals surface area contributed by atoms with Crippen molar-refractivity contribution >= 4 is 18.5 Å². The van der Waals surface area contributed by atoms with Gasteiger partial charge in [-0.3, -0.25) is 4.79 Å². The lowest BCUT2D eigenvalue weighted by Crippen LogP contribution is -2.51. The smallest absolute Gasteiger partial charge is 0.239 e. The van der Waals surface area contributed by atoms with Gasteiger partial charge in [0, 0.05) is 30.9 Å². The number of nitrogens with two attached hydrogens (primary N) is 1. The summed E-state index contributed by atoms with van der Waals surface area (Å²) in [6, 6.07) is 0.00552. The maximum absolute atomic E-state index is 12.9. The van der Waals surface area contributed by atoms with Crippen LogP contribution in [0.15, 0.2) is 0 Å². The minimum absolute atomic E-state index is 0.148. The summed E-state index contributed by atoms with van der Waals surface area (Å²) in [7, 11) is 0. The first-order valence-corrected chi connectivity index (χ1v) is 9.98. The summed E-state index contributed by atoms with van der Waals surface area (Å²) < 4.78 is 0. The van der Waals surface area contributed by atoms with Gasteiger partial charge in [-0.2, -0.15) is 12.6 Å². The van der Waals surface area contributed by atoms with Gasteiger partial charge in [-0.1, -0.05) is 39.5 Å². The highest BCUT2D eigenvalue weighted by Gasteiger charge is 2.31. The van der Waals surface area contributed by atoms with Crippen molar-refractivity contribution in [2.75, 3.05) is 19.6 Å². The van der Waals surface area contributed by atoms with Crippen molar-refractivity contribution in [3.05, 3.63) is 0 Å². The second-order valence-corrected chi connectivity index (χ2v) is 8.38. The molecule has 4 nitrogen and oxygen atoms in total. The van der Waals surface area contributed by atoms with Crippen LogP contribution in [-0.4, -0.2) is 47.8 Å². The Bertz CT molecular complexity index is 367. The normalized spacial score (nSPS) is 28.5. The second-order valence-electron chi connectivity index (χ2n) is 7.65. The molecule has 0 spiro atoms. The van der Waals surface area contributed by atoms with E-state index in [1.807, 2.05) is 0 Å². The molecule has 0 unspecified atom stereocenters. The number of nitrogens with one attached hydrogen (secondary N) is 1. The van der Waals surface area contributed by atoms with Crippen molar-refractivity contribution in [1.82, 2.24) is 10.2 Å². The third-order valence-corrected chi connectivity index (χ3v) is 6.09. The largest absolute Gasteiger partial charge is 0.340 e. The van der Waals surface area contributed by atoms with E-state index in [1.54, 1.807) is 0 Å². The number of carbonyl (C=O) groups is 1. The molecular weight excluding hydrogens is 306 g/mol. The summed E-state index contributed by atoms with van der Waals surface area (Å²) in [5.74, 6) is 1.05. The fourth-order valence-electron chi connectivity index (χ4n) is 3.85. The summed E-state index contributed by atoms with van der Waals surface area (Å²) in [6.45, 7) is 6.80. The first kappa shape index (κ1) is 19.1. The van der Waals surface area contributed by atoms with Crippen LogP contribution in [0.25, 0.3) is 0 Å². The Morgan fingerprint density at radius 1 is 1.30 bits per heavy atom. The SMILES string of the molecule is CC[C@H](C)[C@H](N)C(=O)N(CC1CCCCC1)C[C@H]1C[C@@H](S)CN1. The Balaban J connectivity index is 1.98. The zero-order valence-electron chi connectivity index (χ0n) is 14.8. The molecular formula is C18H35N3OS. The van der Waals surface area contributed by atoms with Gasteiger partial charge in [0.15, 0.2) is 0 Å². The number of thiol groups is 1. The van der Waals surface area contributed by atoms with Gasteiger partial charge < -0.3 is 16.0 Å². The molecule has 1 amide bonds. The Hall–Kier alpha value is -0.260. The molecule has 0 aromatic rings. The van der Waals surface area contributed by atoms with E-state index in [9.17, 15) is 4.79 Å². The van der Waals surface area contributed by atoms with Gasteiger partial charge in [0.2, 0.25) is 5.91 Å². The van der Waals surface area contributed by atoms with Crippen LogP contribution in [0.1, 0.15) is 58.8 Å². The third kappa shape index (κ3) is 5.64. The Kier molecular flexibility index (Phi) is 7.70. The van der Waals surface area contributed by atoms with E-state index in [2.05, 4.69) is 36.7 Å². The number of amides is 1. The van der Waals surface area contributed by atoms with Gasteiger partial charge in [-0.15, -0.1) is 0 Å². The molecule has 4 atom stereocenters. The van der Waals surface area contributed by atoms with Crippen molar-refractivity contribution in [1.29, 1.82) is 0 Å². The highest BCUT2D eigenvalue weighted by molar-refractivity contribution is 7.81. The molecule has 23 heavy (non-hydrogen) atoms. The number of nitrogens with zero attached hydrogens (tertiary/aromatic N) is 1. The van der Waals surface area contributed by atoms with E-state index in [1.165, 1.54) is 32.1 Å². The molecule has 2 fully saturated rings. The van der Waals surface area contributed by atoms with E-state index < -0.39 is 0 Å². The number of carbonyl (C=O) groups excluding carboxylic acids is 1. The molecule has 0 bridgehead atoms. The number of rotatable bonds is 7. The minimum Gasteiger partial charge on any atom is -0.340 e. The zero-order chi connectivity index (χ0) is 16.8. The van der Waals surface area contributed by atoms with Gasteiger partial charge in [0.05, 0.1) is 6.04 Å². The Labute approximate surface area is 147 Å². The molecule has 1 saturated heterocycles. The molecule has 2 rings (SSSR count). The highest BCUT2D eigenvalue weighted by atomic mass is 32.1. The standard InChI is InChI=1S/C18H35N3OS/c1-3-13(2)17(19)18(22)21(11-14-7-5-4-6-8-14)12-15-9-16(23)10-20-15/h13-17,20,23H,3-12,19H2,1-2H3/t13-,15+,16+,17-/m0/s1. The lowest BCUT2D eigenvalue weighted by Gasteiger charge is -2.34. The molecule has 134 valence electrons. The Morgan fingerprint density at radius 2 is 2.00 bits per heavy atom. The molecule has 0 aromatic carbocycles. The second kappa shape index (κ2) is 9.28. The molecule has 0 radical (unpaired) electrons. The monoisotopic (exact) mass is 341 g/mol. The van der Waals surface area contributed by atoms with Crippen LogP contribution in [0.2, 0.25) is 0 Å². The summed E-state index contributed by atoms with van der Waals surface area (Å²) in [5.41, 5.74) is 6.25. The van der Waals surface area contributed by atoms with Crippen LogP contribution in [0, 0.1) is 11.8 Å². The highest BCUT2D eigenvalue weighted by Crippen LogP contribution is 2.25. The number of hydrogen-bond donors (Lipinski definition) is 3. The molecule has 2 aliphatic rings. The van der Waals surface area contributed by atoms with Crippen molar-refractivity contribution in [2.45, 2.75) is 76.1 Å². The lowest BCUT2D eigenvalue weighted by molar-refractivity contribution is -0.135. The van der Waals surface area contributed by atoms with Crippen LogP contribution in [-0.2, 0) is 4.79 Å². The summed E-state index contributed by atoms with van der Waals surface area (Å²) in [4.78, 5) is 15.0. The van der Waals surface area contributed by atoms with Crippen molar-refractivity contribution in [2.24, 2.45) is 17.6 Å². The number of hydrogen-bond acceptors (Lipinski definition) is 4. The maximum Gasteiger partial charge on any atom is 0.239 e. The first-order valence-electron chi connectivity index (χ1n) is 9.47. The van der Waals surface area contributed by atoms with Crippen LogP contribution >= 0.6 is 12.6 Å². The van der Waals surface area contributed by atoms with Gasteiger partial charge in [0.1, 0.15) is 0 Å². The van der Waals surface area contributed by atoms with Crippen LogP contribution in [0.3, 0.4) is 0 Å². The molecule has 0 aromatic heterocycles. The third-order valence-electron chi connectivity index (χ3n) is 5.70. The quantitative estimate of drug-likeness (QED) is 0.623. The van der Waals surface area contributed by atoms with E-state index >= 15 is 0 Å². The van der Waals surface area contributed by atoms with Gasteiger partial charge in [-0.05, 0) is 31.1 Å². The molecule has 1 aliphatic carbocycles. The first-order chi connectivity index (χ1) is 11.0. The van der Waals surface area contributed by atoms with E-state index in [0.29, 0.717) is 17.2 Å². The molecule has 1 aliphatic heterocycles. The minimum atomic E-state index is -0.364. The predicted octanol–water partition coefficient (Wildman–Crippen LogP) is 2.43. The van der Waals surface area contributed by atoms with E-state index in [4.69, 9.17) is 5.73 Å². The Morgan fingerprint density at radius 3 is 2.57 bits per heavy atom. The summed E-state index contributed by atoms with van der Waals surface area (Å²) in [5, 5.41) is 3.91. The predicted molar refractivity (Wildman–Crippen MR) is 99.8 cm³/mol. The van der Waals surface area contributed by atoms with E-state index in [-0.39, 0.29) is 17.9 Å². The lowest BCUT2D eigenvalue weighted by atomic mass is 9.88. The fourth-order valence-corrected chi connectivity index (χ4v) is 4.21. The van der Waals surface area contributed by atoms with Crippen LogP contribution in [0.4, 0.5) is 0 Å². The van der Waals surface area contributed by atoms with Crippen LogP contribution < -0.4 is 11.1 Å². The van der Waals surface area contributed by atoms with Crippen LogP contribution in [0.5, 0.6) is 0 Å². The van der Waals surface area contributed by atoms with Gasteiger partial charge >= 0.3 is 0 Å².